The molecule has 1 amide bonds. The van der Waals surface area contributed by atoms with Crippen molar-refractivity contribution in [3.63, 3.8) is 0 Å². The summed E-state index contributed by atoms with van der Waals surface area (Å²) in [5.74, 6) is 0.204. The smallest absolute Gasteiger partial charge is 0.407 e. The molecule has 9 heteroatoms. The number of amides is 1. The number of alkyl carbamates (subject to hydrolysis) is 1. The maximum atomic E-state index is 11.6. The second-order valence-corrected chi connectivity index (χ2v) is 5.33. The van der Waals surface area contributed by atoms with Crippen molar-refractivity contribution in [3.8, 4) is 0 Å². The number of tetrazole rings is 1. The third-order valence-corrected chi connectivity index (χ3v) is 2.29. The monoisotopic (exact) mass is 287 g/mol. The molecule has 1 heterocycles. The molecular weight excluding hydrogens is 266 g/mol. The number of rotatable bonds is 5. The van der Waals surface area contributed by atoms with Gasteiger partial charge in [0.1, 0.15) is 18.4 Å². The molecular formula is C11H21N5O4. The van der Waals surface area contributed by atoms with E-state index in [-0.39, 0.29) is 12.6 Å². The highest BCUT2D eigenvalue weighted by atomic mass is 16.6. The maximum Gasteiger partial charge on any atom is 0.407 e. The minimum absolute atomic E-state index is 0.110. The number of hydrogen-bond donors (Lipinski definition) is 2. The first-order valence-corrected chi connectivity index (χ1v) is 6.17. The zero-order valence-corrected chi connectivity index (χ0v) is 12.3. The molecule has 1 unspecified atom stereocenters. The number of aromatic nitrogens is 4. The van der Waals surface area contributed by atoms with E-state index < -0.39 is 23.8 Å². The molecule has 0 saturated heterocycles. The lowest BCUT2D eigenvalue weighted by Gasteiger charge is -2.23. The molecule has 2 N–H and O–H groups in total. The van der Waals surface area contributed by atoms with Crippen molar-refractivity contribution in [2.75, 3.05) is 7.11 Å². The van der Waals surface area contributed by atoms with E-state index in [2.05, 4.69) is 20.8 Å². The fourth-order valence-corrected chi connectivity index (χ4v) is 1.43. The fourth-order valence-electron chi connectivity index (χ4n) is 1.43. The van der Waals surface area contributed by atoms with Crippen LogP contribution in [-0.4, -0.2) is 50.2 Å². The summed E-state index contributed by atoms with van der Waals surface area (Å²) in [6, 6.07) is -0.619. The third-order valence-electron chi connectivity index (χ3n) is 2.29. The van der Waals surface area contributed by atoms with Crippen LogP contribution in [0.2, 0.25) is 0 Å². The highest BCUT2D eigenvalue weighted by molar-refractivity contribution is 5.68. The molecule has 0 radical (unpaired) electrons. The lowest BCUT2D eigenvalue weighted by Crippen LogP contribution is -2.41. The van der Waals surface area contributed by atoms with Crippen LogP contribution in [0.5, 0.6) is 0 Å². The summed E-state index contributed by atoms with van der Waals surface area (Å²) in [5, 5.41) is 23.5. The van der Waals surface area contributed by atoms with Gasteiger partial charge in [-0.1, -0.05) is 0 Å². The van der Waals surface area contributed by atoms with E-state index in [4.69, 9.17) is 9.47 Å². The van der Waals surface area contributed by atoms with Gasteiger partial charge in [-0.05, 0) is 38.1 Å². The van der Waals surface area contributed by atoms with Crippen LogP contribution >= 0.6 is 0 Å². The van der Waals surface area contributed by atoms with Gasteiger partial charge in [0.15, 0.2) is 5.82 Å². The number of hydrogen-bond acceptors (Lipinski definition) is 7. The number of nitrogens with one attached hydrogen (secondary N) is 1. The third kappa shape index (κ3) is 4.74. The molecule has 0 fully saturated rings. The minimum atomic E-state index is -1.08. The van der Waals surface area contributed by atoms with Gasteiger partial charge in [0.25, 0.3) is 0 Å². The van der Waals surface area contributed by atoms with Gasteiger partial charge >= 0.3 is 6.09 Å². The Morgan fingerprint density at radius 3 is 2.70 bits per heavy atom. The zero-order chi connectivity index (χ0) is 15.3. The SMILES string of the molecule is COCn1nnnc1C(O)[C@H](C)NC(=O)OC(C)(C)C. The molecule has 0 aliphatic carbocycles. The van der Waals surface area contributed by atoms with Crippen molar-refractivity contribution in [1.82, 2.24) is 25.5 Å². The quantitative estimate of drug-likeness (QED) is 0.797. The summed E-state index contributed by atoms with van der Waals surface area (Å²) in [7, 11) is 1.49. The Kier molecular flexibility index (Phi) is 5.40. The van der Waals surface area contributed by atoms with E-state index >= 15 is 0 Å². The molecule has 9 nitrogen and oxygen atoms in total. The van der Waals surface area contributed by atoms with Gasteiger partial charge in [-0.3, -0.25) is 0 Å². The molecule has 1 aromatic rings. The molecule has 20 heavy (non-hydrogen) atoms. The van der Waals surface area contributed by atoms with Crippen molar-refractivity contribution in [3.05, 3.63) is 5.82 Å². The minimum Gasteiger partial charge on any atom is -0.444 e. The van der Waals surface area contributed by atoms with Crippen molar-refractivity contribution >= 4 is 6.09 Å². The number of nitrogens with zero attached hydrogens (tertiary/aromatic N) is 4. The lowest BCUT2D eigenvalue weighted by atomic mass is 10.2. The molecule has 114 valence electrons. The van der Waals surface area contributed by atoms with Gasteiger partial charge in [0.2, 0.25) is 0 Å². The zero-order valence-electron chi connectivity index (χ0n) is 12.3. The summed E-state index contributed by atoms with van der Waals surface area (Å²) in [6.07, 6.45) is -1.69. The van der Waals surface area contributed by atoms with Crippen LogP contribution in [-0.2, 0) is 16.2 Å². The van der Waals surface area contributed by atoms with Crippen LogP contribution in [0.25, 0.3) is 0 Å². The molecule has 1 aromatic heterocycles. The van der Waals surface area contributed by atoms with Crippen LogP contribution in [0.3, 0.4) is 0 Å². The molecule has 0 spiro atoms. The Morgan fingerprint density at radius 1 is 1.50 bits per heavy atom. The van der Waals surface area contributed by atoms with E-state index in [1.165, 1.54) is 11.8 Å². The van der Waals surface area contributed by atoms with Crippen molar-refractivity contribution in [2.45, 2.75) is 52.2 Å². The van der Waals surface area contributed by atoms with Crippen LogP contribution in [0.4, 0.5) is 4.79 Å². The van der Waals surface area contributed by atoms with Crippen LogP contribution in [0, 0.1) is 0 Å². The van der Waals surface area contributed by atoms with Crippen molar-refractivity contribution < 1.29 is 19.4 Å². The number of ether oxygens (including phenoxy) is 2. The molecule has 0 aromatic carbocycles. The van der Waals surface area contributed by atoms with E-state index in [1.807, 2.05) is 0 Å². The van der Waals surface area contributed by atoms with Gasteiger partial charge in [0.05, 0.1) is 6.04 Å². The van der Waals surface area contributed by atoms with E-state index in [9.17, 15) is 9.90 Å². The predicted octanol–water partition coefficient (Wildman–Crippen LogP) is 0.224. The second kappa shape index (κ2) is 6.62. The molecule has 0 aliphatic heterocycles. The highest BCUT2D eigenvalue weighted by Crippen LogP contribution is 2.14. The Balaban J connectivity index is 2.64. The van der Waals surface area contributed by atoms with E-state index in [0.717, 1.165) is 0 Å². The average molecular weight is 287 g/mol. The molecule has 1 rings (SSSR count). The number of carbonyl (C=O) groups is 1. The fraction of sp³-hybridized carbons (Fsp3) is 0.818. The van der Waals surface area contributed by atoms with E-state index in [0.29, 0.717) is 0 Å². The number of aliphatic hydroxyl groups is 1. The second-order valence-electron chi connectivity index (χ2n) is 5.33. The summed E-state index contributed by atoms with van der Waals surface area (Å²) in [6.45, 7) is 7.01. The average Bonchev–Trinajstić information content (AvgIpc) is 2.73. The normalized spacial score (nSPS) is 14.7. The first kappa shape index (κ1) is 16.3. The molecule has 0 aliphatic rings. The summed E-state index contributed by atoms with van der Waals surface area (Å²) in [4.78, 5) is 11.6. The first-order chi connectivity index (χ1) is 9.24. The maximum absolute atomic E-state index is 11.6. The van der Waals surface area contributed by atoms with Crippen molar-refractivity contribution in [2.24, 2.45) is 0 Å². The van der Waals surface area contributed by atoms with E-state index in [1.54, 1.807) is 27.7 Å². The van der Waals surface area contributed by atoms with Gasteiger partial charge < -0.3 is 19.9 Å². The molecule has 0 saturated carbocycles. The number of aliphatic hydroxyl groups excluding tert-OH is 1. The first-order valence-electron chi connectivity index (χ1n) is 6.17. The van der Waals surface area contributed by atoms with Crippen LogP contribution < -0.4 is 5.32 Å². The Morgan fingerprint density at radius 2 is 2.15 bits per heavy atom. The molecule has 0 bridgehead atoms. The lowest BCUT2D eigenvalue weighted by molar-refractivity contribution is 0.0407. The topological polar surface area (TPSA) is 111 Å². The summed E-state index contributed by atoms with van der Waals surface area (Å²) < 4.78 is 11.3. The number of carbonyl (C=O) groups excluding carboxylic acids is 1. The van der Waals surface area contributed by atoms with Gasteiger partial charge in [-0.25, -0.2) is 9.48 Å². The molecule has 2 atom stereocenters. The van der Waals surface area contributed by atoms with Gasteiger partial charge in [-0.2, -0.15) is 0 Å². The van der Waals surface area contributed by atoms with Gasteiger partial charge in [-0.15, -0.1) is 5.10 Å². The van der Waals surface area contributed by atoms with Crippen LogP contribution in [0.15, 0.2) is 0 Å². The Bertz CT molecular complexity index is 442. The highest BCUT2D eigenvalue weighted by Gasteiger charge is 2.26. The van der Waals surface area contributed by atoms with Gasteiger partial charge in [0, 0.05) is 7.11 Å². The summed E-state index contributed by atoms with van der Waals surface area (Å²) >= 11 is 0. The number of methoxy groups -OCH3 is 1. The van der Waals surface area contributed by atoms with Crippen LogP contribution in [0.1, 0.15) is 39.6 Å². The Labute approximate surface area is 117 Å². The Hall–Kier alpha value is -1.74. The van der Waals surface area contributed by atoms with Crippen molar-refractivity contribution in [1.29, 1.82) is 0 Å². The largest absolute Gasteiger partial charge is 0.444 e. The summed E-state index contributed by atoms with van der Waals surface area (Å²) in [5.41, 5.74) is -0.605. The predicted molar refractivity (Wildman–Crippen MR) is 68.6 cm³/mol. The standard InChI is InChI=1S/C11H21N5O4/c1-7(12-10(18)20-11(2,3)4)8(17)9-13-14-15-16(9)6-19-5/h7-8,17H,6H2,1-5H3,(H,12,18)/t7-,8?/m0/s1.